The van der Waals surface area contributed by atoms with E-state index in [0.717, 1.165) is 46.8 Å². The van der Waals surface area contributed by atoms with Gasteiger partial charge in [-0.25, -0.2) is 0 Å². The van der Waals surface area contributed by atoms with Gasteiger partial charge in [0.2, 0.25) is 0 Å². The van der Waals surface area contributed by atoms with Crippen molar-refractivity contribution in [3.63, 3.8) is 0 Å². The Morgan fingerprint density at radius 3 is 2.37 bits per heavy atom. The summed E-state index contributed by atoms with van der Waals surface area (Å²) in [5.41, 5.74) is 2.98. The number of ether oxygens (including phenoxy) is 3. The Hall–Kier alpha value is -1.42. The highest BCUT2D eigenvalue weighted by Gasteiger charge is 2.38. The highest BCUT2D eigenvalue weighted by molar-refractivity contribution is 5.67. The summed E-state index contributed by atoms with van der Waals surface area (Å²) in [5, 5.41) is 9.71. The van der Waals surface area contributed by atoms with Crippen molar-refractivity contribution in [3.05, 3.63) is 16.7 Å². The van der Waals surface area contributed by atoms with Crippen molar-refractivity contribution in [3.8, 4) is 17.2 Å². The second-order valence-corrected chi connectivity index (χ2v) is 5.76. The van der Waals surface area contributed by atoms with E-state index in [-0.39, 0.29) is 12.0 Å². The predicted octanol–water partition coefficient (Wildman–Crippen LogP) is 1.83. The molecule has 104 valence electrons. The molecule has 3 rings (SSSR count). The third-order valence-corrected chi connectivity index (χ3v) is 4.03. The number of hydrogen-bond donors (Lipinski definition) is 1. The van der Waals surface area contributed by atoms with Crippen molar-refractivity contribution in [2.75, 3.05) is 26.9 Å². The molecule has 0 saturated carbocycles. The zero-order valence-corrected chi connectivity index (χ0v) is 11.7. The minimum atomic E-state index is -0.335. The summed E-state index contributed by atoms with van der Waals surface area (Å²) in [4.78, 5) is 0. The molecule has 1 aromatic carbocycles. The molecule has 0 atom stereocenters. The van der Waals surface area contributed by atoms with Crippen molar-refractivity contribution < 1.29 is 19.3 Å². The van der Waals surface area contributed by atoms with Crippen LogP contribution in [0.4, 0.5) is 0 Å². The van der Waals surface area contributed by atoms with Crippen LogP contribution in [0.15, 0.2) is 0 Å². The fourth-order valence-corrected chi connectivity index (χ4v) is 3.08. The van der Waals surface area contributed by atoms with Crippen molar-refractivity contribution in [1.29, 1.82) is 0 Å². The Balaban J connectivity index is 2.31. The fraction of sp³-hybridized carbons (Fsp3) is 0.600. The maximum atomic E-state index is 9.71. The summed E-state index contributed by atoms with van der Waals surface area (Å²) >= 11 is 0. The van der Waals surface area contributed by atoms with E-state index < -0.39 is 0 Å². The molecule has 0 aromatic heterocycles. The number of benzene rings is 1. The molecule has 0 unspecified atom stereocenters. The van der Waals surface area contributed by atoms with Crippen molar-refractivity contribution in [2.24, 2.45) is 0 Å². The average Bonchev–Trinajstić information content (AvgIpc) is 3.03. The van der Waals surface area contributed by atoms with Gasteiger partial charge >= 0.3 is 0 Å². The Bertz CT molecular complexity index is 484. The summed E-state index contributed by atoms with van der Waals surface area (Å²) in [6.45, 7) is 5.50. The van der Waals surface area contributed by atoms with Crippen molar-refractivity contribution >= 4 is 0 Å². The zero-order valence-electron chi connectivity index (χ0n) is 11.7. The first-order valence-electron chi connectivity index (χ1n) is 6.72. The molecule has 2 aliphatic rings. The van der Waals surface area contributed by atoms with Gasteiger partial charge in [0.25, 0.3) is 0 Å². The van der Waals surface area contributed by atoms with Crippen LogP contribution in [-0.4, -0.2) is 32.0 Å². The second-order valence-electron chi connectivity index (χ2n) is 5.76. The van der Waals surface area contributed by atoms with Crippen LogP contribution >= 0.6 is 0 Å². The molecule has 0 spiro atoms. The first kappa shape index (κ1) is 12.6. The average molecular weight is 264 g/mol. The van der Waals surface area contributed by atoms with Crippen LogP contribution < -0.4 is 14.2 Å². The van der Waals surface area contributed by atoms with Gasteiger partial charge < -0.3 is 19.3 Å². The van der Waals surface area contributed by atoms with E-state index in [0.29, 0.717) is 13.2 Å². The summed E-state index contributed by atoms with van der Waals surface area (Å²) in [7, 11) is 1.67. The number of hydrogen-bond acceptors (Lipinski definition) is 4. The molecule has 2 aliphatic heterocycles. The van der Waals surface area contributed by atoms with Gasteiger partial charge in [-0.1, -0.05) is 13.8 Å². The zero-order chi connectivity index (χ0) is 13.6. The first-order chi connectivity index (χ1) is 9.10. The summed E-state index contributed by atoms with van der Waals surface area (Å²) in [5.74, 6) is 2.57. The van der Waals surface area contributed by atoms with E-state index in [2.05, 4.69) is 0 Å². The van der Waals surface area contributed by atoms with Gasteiger partial charge in [0.15, 0.2) is 11.5 Å². The topological polar surface area (TPSA) is 47.9 Å². The molecule has 0 bridgehead atoms. The predicted molar refractivity (Wildman–Crippen MR) is 71.5 cm³/mol. The van der Waals surface area contributed by atoms with Crippen LogP contribution in [0.2, 0.25) is 0 Å². The van der Waals surface area contributed by atoms with E-state index in [9.17, 15) is 5.11 Å². The lowest BCUT2D eigenvalue weighted by Gasteiger charge is -2.28. The number of methoxy groups -OCH3 is 1. The highest BCUT2D eigenvalue weighted by atomic mass is 16.5. The van der Waals surface area contributed by atoms with Gasteiger partial charge in [-0.2, -0.15) is 0 Å². The molecule has 0 amide bonds. The minimum Gasteiger partial charge on any atom is -0.492 e. The molecule has 2 heterocycles. The van der Waals surface area contributed by atoms with Crippen LogP contribution in [0, 0.1) is 0 Å². The highest BCUT2D eigenvalue weighted by Crippen LogP contribution is 2.52. The van der Waals surface area contributed by atoms with Crippen molar-refractivity contribution in [2.45, 2.75) is 32.1 Å². The Kier molecular flexibility index (Phi) is 2.86. The van der Waals surface area contributed by atoms with Crippen LogP contribution in [0.1, 0.15) is 30.5 Å². The minimum absolute atomic E-state index is 0.0849. The first-order valence-corrected chi connectivity index (χ1v) is 6.72. The van der Waals surface area contributed by atoms with Gasteiger partial charge in [0, 0.05) is 34.9 Å². The molecule has 1 N–H and O–H groups in total. The lowest BCUT2D eigenvalue weighted by Crippen LogP contribution is -2.24. The Morgan fingerprint density at radius 2 is 1.74 bits per heavy atom. The van der Waals surface area contributed by atoms with Crippen LogP contribution in [-0.2, 0) is 18.3 Å². The molecule has 4 nitrogen and oxygen atoms in total. The van der Waals surface area contributed by atoms with Gasteiger partial charge in [-0.3, -0.25) is 0 Å². The Labute approximate surface area is 113 Å². The van der Waals surface area contributed by atoms with Gasteiger partial charge in [-0.15, -0.1) is 0 Å². The number of aliphatic hydroxyl groups excluding tert-OH is 1. The lowest BCUT2D eigenvalue weighted by molar-refractivity contribution is 0.213. The normalized spacial score (nSPS) is 16.6. The molecular formula is C15H20O4. The largest absolute Gasteiger partial charge is 0.492 e. The van der Waals surface area contributed by atoms with Gasteiger partial charge in [-0.05, 0) is 0 Å². The SMILES string of the molecule is COc1c2c(c(C(C)(C)CO)c3c1OCC3)OCC2. The van der Waals surface area contributed by atoms with E-state index >= 15 is 0 Å². The summed E-state index contributed by atoms with van der Waals surface area (Å²) in [6, 6.07) is 0. The van der Waals surface area contributed by atoms with Crippen LogP contribution in [0.5, 0.6) is 17.2 Å². The maximum Gasteiger partial charge on any atom is 0.168 e. The summed E-state index contributed by atoms with van der Waals surface area (Å²) in [6.07, 6.45) is 1.69. The maximum absolute atomic E-state index is 9.71. The van der Waals surface area contributed by atoms with Crippen LogP contribution in [0.3, 0.4) is 0 Å². The van der Waals surface area contributed by atoms with E-state index in [1.54, 1.807) is 7.11 Å². The molecule has 0 fully saturated rings. The third kappa shape index (κ3) is 1.70. The molecule has 19 heavy (non-hydrogen) atoms. The second kappa shape index (κ2) is 4.30. The third-order valence-electron chi connectivity index (χ3n) is 4.03. The Morgan fingerprint density at radius 1 is 1.11 bits per heavy atom. The lowest BCUT2D eigenvalue weighted by atomic mass is 9.79. The van der Waals surface area contributed by atoms with Gasteiger partial charge in [0.05, 0.1) is 26.9 Å². The fourth-order valence-electron chi connectivity index (χ4n) is 3.08. The molecular weight excluding hydrogens is 244 g/mol. The monoisotopic (exact) mass is 264 g/mol. The molecule has 0 saturated heterocycles. The molecule has 0 radical (unpaired) electrons. The van der Waals surface area contributed by atoms with Crippen molar-refractivity contribution in [1.82, 2.24) is 0 Å². The van der Waals surface area contributed by atoms with E-state index in [1.807, 2.05) is 13.8 Å². The molecule has 4 heteroatoms. The standard InChI is InChI=1S/C15H20O4/c1-15(2,8-16)11-9-4-6-19-14(9)13(17-3)10-5-7-18-12(10)11/h16H,4-8H2,1-3H3. The number of fused-ring (bicyclic) bond motifs is 2. The number of aliphatic hydroxyl groups is 1. The quantitative estimate of drug-likeness (QED) is 0.905. The van der Waals surface area contributed by atoms with E-state index in [4.69, 9.17) is 14.2 Å². The summed E-state index contributed by atoms with van der Waals surface area (Å²) < 4.78 is 17.1. The van der Waals surface area contributed by atoms with Crippen LogP contribution in [0.25, 0.3) is 0 Å². The number of rotatable bonds is 3. The molecule has 0 aliphatic carbocycles. The van der Waals surface area contributed by atoms with E-state index in [1.165, 1.54) is 0 Å². The molecule has 1 aromatic rings. The smallest absolute Gasteiger partial charge is 0.168 e. The van der Waals surface area contributed by atoms with Gasteiger partial charge in [0.1, 0.15) is 5.75 Å².